The topological polar surface area (TPSA) is 120 Å². The number of nitrogens with one attached hydrogen (secondary N) is 2. The monoisotopic (exact) mass is 564 g/mol. The molecule has 208 valence electrons. The van der Waals surface area contributed by atoms with Crippen LogP contribution in [0, 0.1) is 11.3 Å². The molecule has 4 rings (SSSR count). The number of sulfone groups is 1. The van der Waals surface area contributed by atoms with Crippen LogP contribution in [0.25, 0.3) is 0 Å². The van der Waals surface area contributed by atoms with E-state index < -0.39 is 21.8 Å². The van der Waals surface area contributed by atoms with E-state index in [1.54, 1.807) is 12.1 Å². The molecule has 1 aromatic carbocycles. The van der Waals surface area contributed by atoms with Gasteiger partial charge in [0.2, 0.25) is 5.75 Å². The number of anilines is 1. The second-order valence-corrected chi connectivity index (χ2v) is 14.3. The summed E-state index contributed by atoms with van der Waals surface area (Å²) in [5, 5.41) is 6.32. The van der Waals surface area contributed by atoms with Gasteiger partial charge in [-0.2, -0.15) is 0 Å². The number of carbonyl (C=O) groups excluding carboxylic acids is 2. The van der Waals surface area contributed by atoms with Gasteiger partial charge >= 0.3 is 0 Å². The second-order valence-electron chi connectivity index (χ2n) is 11.0. The lowest BCUT2D eigenvalue weighted by Gasteiger charge is -2.33. The maximum atomic E-state index is 13.5. The van der Waals surface area contributed by atoms with Gasteiger partial charge in [-0.3, -0.25) is 9.59 Å². The Kier molecular flexibility index (Phi) is 7.99. The number of amides is 2. The van der Waals surface area contributed by atoms with Crippen LogP contribution in [0.15, 0.2) is 12.1 Å². The molecule has 2 aromatic rings. The lowest BCUT2D eigenvalue weighted by Crippen LogP contribution is -2.36. The van der Waals surface area contributed by atoms with Gasteiger partial charge in [0.25, 0.3) is 11.8 Å². The summed E-state index contributed by atoms with van der Waals surface area (Å²) in [5.74, 6) is 0.738. The van der Waals surface area contributed by atoms with E-state index in [-0.39, 0.29) is 28.4 Å². The summed E-state index contributed by atoms with van der Waals surface area (Å²) < 4.78 is 40.0. The Morgan fingerprint density at radius 1 is 1.00 bits per heavy atom. The van der Waals surface area contributed by atoms with E-state index >= 15 is 0 Å². The molecule has 2 N–H and O–H groups in total. The molecule has 0 bridgehead atoms. The molecule has 2 aliphatic rings. The van der Waals surface area contributed by atoms with Crippen LogP contribution in [-0.2, 0) is 22.7 Å². The summed E-state index contributed by atoms with van der Waals surface area (Å²) in [5.41, 5.74) is 1.77. The Morgan fingerprint density at radius 2 is 1.66 bits per heavy atom. The molecule has 1 aliphatic heterocycles. The molecule has 38 heavy (non-hydrogen) atoms. The van der Waals surface area contributed by atoms with Gasteiger partial charge in [0.05, 0.1) is 38.4 Å². The molecule has 2 atom stereocenters. The normalized spacial score (nSPS) is 20.4. The Bertz CT molecular complexity index is 1320. The van der Waals surface area contributed by atoms with E-state index in [0.29, 0.717) is 40.2 Å². The van der Waals surface area contributed by atoms with E-state index in [1.807, 2.05) is 0 Å². The van der Waals surface area contributed by atoms with E-state index in [0.717, 1.165) is 29.7 Å². The minimum absolute atomic E-state index is 0.0652. The second kappa shape index (κ2) is 10.8. The quantitative estimate of drug-likeness (QED) is 0.520. The number of thiophene rings is 1. The van der Waals surface area contributed by atoms with Gasteiger partial charge in [-0.05, 0) is 54.7 Å². The van der Waals surface area contributed by atoms with E-state index in [1.165, 1.54) is 32.7 Å². The fourth-order valence-corrected chi connectivity index (χ4v) is 8.20. The first-order valence-electron chi connectivity index (χ1n) is 12.6. The first-order valence-corrected chi connectivity index (χ1v) is 15.3. The van der Waals surface area contributed by atoms with Crippen molar-refractivity contribution in [3.05, 3.63) is 33.7 Å². The average Bonchev–Trinajstić information content (AvgIpc) is 3.39. The molecule has 2 heterocycles. The molecule has 1 aromatic heterocycles. The van der Waals surface area contributed by atoms with Gasteiger partial charge in [-0.15, -0.1) is 11.3 Å². The average molecular weight is 565 g/mol. The van der Waals surface area contributed by atoms with Crippen LogP contribution < -0.4 is 24.8 Å². The van der Waals surface area contributed by atoms with Crippen LogP contribution in [0.4, 0.5) is 5.00 Å². The fraction of sp³-hybridized carbons (Fsp3) is 0.556. The van der Waals surface area contributed by atoms with Gasteiger partial charge in [0.1, 0.15) is 5.00 Å². The lowest BCUT2D eigenvalue weighted by atomic mass is 9.72. The third-order valence-electron chi connectivity index (χ3n) is 7.44. The third kappa shape index (κ3) is 5.78. The number of carbonyl (C=O) groups is 2. The summed E-state index contributed by atoms with van der Waals surface area (Å²) in [6, 6.07) is 2.68. The number of ether oxygens (including phenoxy) is 3. The standard InChI is InChI=1S/C27H36N2O7S2/c1-27(2,3)16-7-8-18-21(13-16)37-26(22(18)25(31)28-17-9-10-38(32,33)14-17)29-24(30)15-11-19(34-4)23(36-6)20(12-15)35-5/h11-12,16-17H,7-10,13-14H2,1-6H3,(H,28,31)(H,29,30). The number of hydrogen-bond acceptors (Lipinski definition) is 8. The van der Waals surface area contributed by atoms with E-state index in [9.17, 15) is 18.0 Å². The Balaban J connectivity index is 1.68. The Morgan fingerprint density at radius 3 is 2.18 bits per heavy atom. The number of rotatable bonds is 7. The molecular weight excluding hydrogens is 528 g/mol. The summed E-state index contributed by atoms with van der Waals surface area (Å²) in [4.78, 5) is 28.0. The van der Waals surface area contributed by atoms with Crippen molar-refractivity contribution in [3.63, 3.8) is 0 Å². The van der Waals surface area contributed by atoms with Crippen molar-refractivity contribution in [2.45, 2.75) is 52.5 Å². The molecule has 2 amide bonds. The summed E-state index contributed by atoms with van der Waals surface area (Å²) in [6.45, 7) is 6.66. The van der Waals surface area contributed by atoms with Gasteiger partial charge in [0.15, 0.2) is 21.3 Å². The van der Waals surface area contributed by atoms with Crippen molar-refractivity contribution in [2.24, 2.45) is 11.3 Å². The lowest BCUT2D eigenvalue weighted by molar-refractivity contribution is 0.0941. The zero-order valence-electron chi connectivity index (χ0n) is 22.7. The fourth-order valence-electron chi connectivity index (χ4n) is 5.21. The molecule has 1 fully saturated rings. The first-order chi connectivity index (χ1) is 17.9. The van der Waals surface area contributed by atoms with Crippen LogP contribution in [0.2, 0.25) is 0 Å². The van der Waals surface area contributed by atoms with Crippen molar-refractivity contribution in [1.82, 2.24) is 5.32 Å². The van der Waals surface area contributed by atoms with E-state index in [2.05, 4.69) is 31.4 Å². The number of fused-ring (bicyclic) bond motifs is 1. The molecule has 2 unspecified atom stereocenters. The largest absolute Gasteiger partial charge is 0.493 e. The minimum atomic E-state index is -3.15. The maximum absolute atomic E-state index is 13.5. The summed E-state index contributed by atoms with van der Waals surface area (Å²) >= 11 is 1.42. The predicted molar refractivity (Wildman–Crippen MR) is 148 cm³/mol. The van der Waals surface area contributed by atoms with Crippen LogP contribution >= 0.6 is 11.3 Å². The minimum Gasteiger partial charge on any atom is -0.493 e. The van der Waals surface area contributed by atoms with Crippen LogP contribution in [-0.4, -0.2) is 59.1 Å². The van der Waals surface area contributed by atoms with Gasteiger partial charge in [0, 0.05) is 16.5 Å². The van der Waals surface area contributed by atoms with Crippen molar-refractivity contribution in [3.8, 4) is 17.2 Å². The van der Waals surface area contributed by atoms with Crippen LogP contribution in [0.5, 0.6) is 17.2 Å². The van der Waals surface area contributed by atoms with Crippen molar-refractivity contribution < 1.29 is 32.2 Å². The van der Waals surface area contributed by atoms with E-state index in [4.69, 9.17) is 14.2 Å². The van der Waals surface area contributed by atoms with Gasteiger partial charge < -0.3 is 24.8 Å². The highest BCUT2D eigenvalue weighted by atomic mass is 32.2. The summed E-state index contributed by atoms with van der Waals surface area (Å²) in [6.07, 6.45) is 2.87. The molecule has 0 radical (unpaired) electrons. The zero-order chi connectivity index (χ0) is 27.8. The molecule has 0 spiro atoms. The molecule has 1 aliphatic carbocycles. The summed E-state index contributed by atoms with van der Waals surface area (Å²) in [7, 11) is 1.29. The van der Waals surface area contributed by atoms with Crippen LogP contribution in [0.1, 0.15) is 64.8 Å². The number of hydrogen-bond donors (Lipinski definition) is 2. The Labute approximate surface area is 228 Å². The first kappa shape index (κ1) is 28.2. The number of benzene rings is 1. The molecule has 11 heteroatoms. The molecule has 0 saturated carbocycles. The highest BCUT2D eigenvalue weighted by Crippen LogP contribution is 2.45. The van der Waals surface area contributed by atoms with Crippen molar-refractivity contribution in [2.75, 3.05) is 38.2 Å². The Hall–Kier alpha value is -2.79. The van der Waals surface area contributed by atoms with Crippen molar-refractivity contribution in [1.29, 1.82) is 0 Å². The molecule has 9 nitrogen and oxygen atoms in total. The zero-order valence-corrected chi connectivity index (χ0v) is 24.4. The highest BCUT2D eigenvalue weighted by molar-refractivity contribution is 7.91. The van der Waals surface area contributed by atoms with Crippen LogP contribution in [0.3, 0.4) is 0 Å². The van der Waals surface area contributed by atoms with Gasteiger partial charge in [-0.25, -0.2) is 8.42 Å². The highest BCUT2D eigenvalue weighted by Gasteiger charge is 2.36. The molecule has 1 saturated heterocycles. The predicted octanol–water partition coefficient (Wildman–Crippen LogP) is 4.09. The third-order valence-corrected chi connectivity index (χ3v) is 10.4. The maximum Gasteiger partial charge on any atom is 0.256 e. The van der Waals surface area contributed by atoms with Crippen molar-refractivity contribution >= 4 is 38.0 Å². The van der Waals surface area contributed by atoms with Gasteiger partial charge in [-0.1, -0.05) is 20.8 Å². The smallest absolute Gasteiger partial charge is 0.256 e. The molecular formula is C27H36N2O7S2. The number of methoxy groups -OCH3 is 3. The SMILES string of the molecule is COc1cc(C(=O)Nc2sc3c(c2C(=O)NC2CCS(=O)(=O)C2)CCC(C(C)(C)C)C3)cc(OC)c1OC.